The minimum atomic E-state index is -0.750. The molecule has 0 heterocycles. The summed E-state index contributed by atoms with van der Waals surface area (Å²) in [5, 5.41) is 4.23. The van der Waals surface area contributed by atoms with Crippen LogP contribution in [0.2, 0.25) is 0 Å². The molecule has 0 amide bonds. The van der Waals surface area contributed by atoms with Crippen LogP contribution in [0.1, 0.15) is 26.3 Å². The predicted octanol–water partition coefficient (Wildman–Crippen LogP) is 4.62. The van der Waals surface area contributed by atoms with Gasteiger partial charge < -0.3 is 14.2 Å². The van der Waals surface area contributed by atoms with Crippen molar-refractivity contribution in [2.45, 2.75) is 26.9 Å². The van der Waals surface area contributed by atoms with Gasteiger partial charge in [0.25, 0.3) is 0 Å². The lowest BCUT2D eigenvalue weighted by molar-refractivity contribution is -0.150. The Labute approximate surface area is 167 Å². The Kier molecular flexibility index (Phi) is 8.13. The highest BCUT2D eigenvalue weighted by Crippen LogP contribution is 2.37. The Morgan fingerprint density at radius 3 is 2.63 bits per heavy atom. The Morgan fingerprint density at radius 1 is 1.22 bits per heavy atom. The molecule has 0 aliphatic rings. The molecule has 7 heteroatoms. The molecule has 1 unspecified atom stereocenters. The number of hydrogen-bond acceptors (Lipinski definition) is 6. The Bertz CT molecular complexity index is 781. The van der Waals surface area contributed by atoms with Crippen LogP contribution in [0.15, 0.2) is 52.0 Å². The number of carbonyl (C=O) groups is 1. The number of nitrogens with zero attached hydrogens (tertiary/aromatic N) is 1. The number of anilines is 1. The van der Waals surface area contributed by atoms with Crippen LogP contribution in [0.3, 0.4) is 0 Å². The molecule has 0 fully saturated rings. The van der Waals surface area contributed by atoms with Crippen LogP contribution in [0.25, 0.3) is 0 Å². The fraction of sp³-hybridized carbons (Fsp3) is 0.300. The first-order chi connectivity index (χ1) is 13.0. The second-order valence-corrected chi connectivity index (χ2v) is 6.37. The first-order valence-electron chi connectivity index (χ1n) is 8.68. The third-order valence-corrected chi connectivity index (χ3v) is 4.01. The van der Waals surface area contributed by atoms with E-state index in [0.717, 1.165) is 11.3 Å². The lowest BCUT2D eigenvalue weighted by Gasteiger charge is -2.18. The lowest BCUT2D eigenvalue weighted by Crippen LogP contribution is -2.26. The summed E-state index contributed by atoms with van der Waals surface area (Å²) >= 11 is 3.48. The van der Waals surface area contributed by atoms with Crippen LogP contribution >= 0.6 is 15.9 Å². The van der Waals surface area contributed by atoms with Crippen molar-refractivity contribution in [3.05, 3.63) is 52.5 Å². The second-order valence-electron chi connectivity index (χ2n) is 5.51. The van der Waals surface area contributed by atoms with Gasteiger partial charge in [-0.1, -0.05) is 18.2 Å². The Morgan fingerprint density at radius 2 is 1.96 bits per heavy atom. The summed E-state index contributed by atoms with van der Waals surface area (Å²) < 4.78 is 17.1. The number of hydrazone groups is 1. The average Bonchev–Trinajstić information content (AvgIpc) is 2.65. The number of benzene rings is 2. The zero-order chi connectivity index (χ0) is 19.6. The van der Waals surface area contributed by atoms with E-state index in [1.54, 1.807) is 26.1 Å². The van der Waals surface area contributed by atoms with Gasteiger partial charge in [0.05, 0.1) is 29.6 Å². The maximum Gasteiger partial charge on any atom is 0.347 e. The summed E-state index contributed by atoms with van der Waals surface area (Å²) in [5.41, 5.74) is 4.66. The van der Waals surface area contributed by atoms with Gasteiger partial charge in [0.2, 0.25) is 0 Å². The van der Waals surface area contributed by atoms with Crippen molar-refractivity contribution in [1.82, 2.24) is 0 Å². The van der Waals surface area contributed by atoms with Crippen molar-refractivity contribution in [3.8, 4) is 11.5 Å². The molecule has 2 aromatic carbocycles. The van der Waals surface area contributed by atoms with E-state index in [-0.39, 0.29) is 0 Å². The number of carbonyl (C=O) groups excluding carboxylic acids is 1. The maximum absolute atomic E-state index is 11.8. The first kappa shape index (κ1) is 20.8. The molecule has 2 rings (SSSR count). The molecular weight excluding hydrogens is 412 g/mol. The van der Waals surface area contributed by atoms with Crippen LogP contribution < -0.4 is 14.9 Å². The molecule has 0 aromatic heterocycles. The van der Waals surface area contributed by atoms with Crippen molar-refractivity contribution in [1.29, 1.82) is 0 Å². The van der Waals surface area contributed by atoms with Crippen molar-refractivity contribution < 1.29 is 19.0 Å². The number of para-hydroxylation sites is 1. The monoisotopic (exact) mass is 434 g/mol. The van der Waals surface area contributed by atoms with Crippen molar-refractivity contribution in [2.75, 3.05) is 18.6 Å². The van der Waals surface area contributed by atoms with Crippen LogP contribution in [0, 0.1) is 0 Å². The Balaban J connectivity index is 2.18. The van der Waals surface area contributed by atoms with Crippen LogP contribution in [0.5, 0.6) is 11.5 Å². The normalized spacial score (nSPS) is 11.9. The maximum atomic E-state index is 11.8. The van der Waals surface area contributed by atoms with E-state index in [9.17, 15) is 4.79 Å². The summed E-state index contributed by atoms with van der Waals surface area (Å²) in [6.45, 7) is 6.03. The molecule has 2 aromatic rings. The molecule has 0 saturated heterocycles. The number of ether oxygens (including phenoxy) is 3. The molecular formula is C20H23BrN2O4. The zero-order valence-corrected chi connectivity index (χ0v) is 17.2. The third-order valence-electron chi connectivity index (χ3n) is 3.43. The minimum Gasteiger partial charge on any atom is -0.490 e. The summed E-state index contributed by atoms with van der Waals surface area (Å²) in [6, 6.07) is 13.3. The van der Waals surface area contributed by atoms with Gasteiger partial charge in [-0.15, -0.1) is 0 Å². The van der Waals surface area contributed by atoms with Gasteiger partial charge in [-0.05, 0) is 66.5 Å². The van der Waals surface area contributed by atoms with Crippen LogP contribution in [-0.2, 0) is 9.53 Å². The summed E-state index contributed by atoms with van der Waals surface area (Å²) in [5.74, 6) is 0.541. The van der Waals surface area contributed by atoms with Gasteiger partial charge in [-0.2, -0.15) is 5.10 Å². The Hall–Kier alpha value is -2.54. The fourth-order valence-electron chi connectivity index (χ4n) is 2.22. The molecule has 0 radical (unpaired) electrons. The van der Waals surface area contributed by atoms with Gasteiger partial charge in [-0.25, -0.2) is 4.79 Å². The van der Waals surface area contributed by atoms with Crippen molar-refractivity contribution in [3.63, 3.8) is 0 Å². The third kappa shape index (κ3) is 6.29. The topological polar surface area (TPSA) is 69.2 Å². The summed E-state index contributed by atoms with van der Waals surface area (Å²) in [6.07, 6.45) is 0.929. The van der Waals surface area contributed by atoms with E-state index in [0.29, 0.717) is 29.2 Å². The van der Waals surface area contributed by atoms with Gasteiger partial charge >= 0.3 is 5.97 Å². The number of hydrogen-bond donors (Lipinski definition) is 1. The first-order valence-corrected chi connectivity index (χ1v) is 9.48. The smallest absolute Gasteiger partial charge is 0.347 e. The molecule has 0 aliphatic heterocycles. The average molecular weight is 435 g/mol. The molecule has 27 heavy (non-hydrogen) atoms. The number of halogens is 1. The van der Waals surface area contributed by atoms with Gasteiger partial charge in [0, 0.05) is 0 Å². The van der Waals surface area contributed by atoms with Crippen LogP contribution in [-0.4, -0.2) is 31.5 Å². The van der Waals surface area contributed by atoms with Gasteiger partial charge in [0.1, 0.15) is 0 Å². The molecule has 0 aliphatic carbocycles. The number of nitrogens with one attached hydrogen (secondary N) is 1. The molecule has 0 spiro atoms. The highest BCUT2D eigenvalue weighted by Gasteiger charge is 2.20. The molecule has 6 nitrogen and oxygen atoms in total. The standard InChI is InChI=1S/C20H23BrN2O4/c1-4-25-18-12-15(13-22-23-16-9-7-6-8-10-16)11-17(21)19(18)27-14(3)20(24)26-5-2/h6-14,23H,4-5H2,1-3H3. The molecule has 0 saturated carbocycles. The molecule has 1 N–H and O–H groups in total. The lowest BCUT2D eigenvalue weighted by atomic mass is 10.2. The van der Waals surface area contributed by atoms with E-state index >= 15 is 0 Å². The van der Waals surface area contributed by atoms with E-state index in [1.165, 1.54) is 0 Å². The van der Waals surface area contributed by atoms with E-state index in [2.05, 4.69) is 26.5 Å². The van der Waals surface area contributed by atoms with E-state index in [1.807, 2.05) is 43.3 Å². The van der Waals surface area contributed by atoms with E-state index in [4.69, 9.17) is 14.2 Å². The van der Waals surface area contributed by atoms with Crippen molar-refractivity contribution in [2.24, 2.45) is 5.10 Å². The fourth-order valence-corrected chi connectivity index (χ4v) is 2.77. The van der Waals surface area contributed by atoms with Gasteiger partial charge in [0.15, 0.2) is 17.6 Å². The summed E-state index contributed by atoms with van der Waals surface area (Å²) in [7, 11) is 0. The minimum absolute atomic E-state index is 0.301. The quantitative estimate of drug-likeness (QED) is 0.354. The summed E-state index contributed by atoms with van der Waals surface area (Å²) in [4.78, 5) is 11.8. The number of rotatable bonds is 9. The number of esters is 1. The largest absolute Gasteiger partial charge is 0.490 e. The van der Waals surface area contributed by atoms with Gasteiger partial charge in [-0.3, -0.25) is 5.43 Å². The van der Waals surface area contributed by atoms with E-state index < -0.39 is 12.1 Å². The van der Waals surface area contributed by atoms with Crippen LogP contribution in [0.4, 0.5) is 5.69 Å². The van der Waals surface area contributed by atoms with Crippen molar-refractivity contribution >= 4 is 33.8 Å². The molecule has 0 bridgehead atoms. The zero-order valence-electron chi connectivity index (χ0n) is 15.6. The highest BCUT2D eigenvalue weighted by molar-refractivity contribution is 9.10. The SMILES string of the molecule is CCOC(=O)C(C)Oc1c(Br)cc(C=NNc2ccccc2)cc1OCC. The second kappa shape index (κ2) is 10.6. The molecule has 144 valence electrons. The predicted molar refractivity (Wildman–Crippen MR) is 110 cm³/mol. The molecule has 1 atom stereocenters. The highest BCUT2D eigenvalue weighted by atomic mass is 79.9.